The van der Waals surface area contributed by atoms with Crippen molar-refractivity contribution in [2.45, 2.75) is 103 Å². The lowest BCUT2D eigenvalue weighted by atomic mass is 9.83. The van der Waals surface area contributed by atoms with E-state index in [1.807, 2.05) is 80.0 Å². The molecule has 0 aliphatic carbocycles. The SMILES string of the molecule is COC(=O)N[C@H](C(=O)N1CCC[C@@H]1c1nc2ccc([C@H]3CCC(c4ccc5nc([C@@H]6CCCN6C(=O)C(C(C)C)C(C)C(=O)O)[nH]c5c4)N3c3ccc(Oc4ccccc4)cc3)cc2[nH]1)C(C)C. The fraction of sp³-hybridized carbons (Fsp3) is 0.434. The molecule has 0 radical (unpaired) electrons. The van der Waals surface area contributed by atoms with E-state index >= 15 is 0 Å². The number of nitrogens with zero attached hydrogens (tertiary/aromatic N) is 5. The summed E-state index contributed by atoms with van der Waals surface area (Å²) in [4.78, 5) is 75.6. The average Bonchev–Trinajstić information content (AvgIpc) is 4.19. The van der Waals surface area contributed by atoms with Gasteiger partial charge < -0.3 is 44.6 Å². The molecule has 356 valence electrons. The standard InChI is InChI=1S/C53H62N8O7/c1-30(2)46(32(5)52(64)65)50(62)59-26-10-14-44(59)48-54-38-22-16-33(28-40(38)56-48)42-24-25-43(61(42)35-18-20-37(21-19-35)68-36-12-8-7-9-13-36)34-17-23-39-41(29-34)57-49(55-39)45-15-11-27-60(45)51(63)47(31(3)4)58-53(66)67-6/h7-9,12-13,16-23,28-32,42-47H,10-11,14-15,24-27H2,1-6H3,(H,54,56)(H,55,57)(H,58,66)(H,64,65)/t32?,42?,43-,44+,45-,46?,47+/m1/s1. The summed E-state index contributed by atoms with van der Waals surface area (Å²) in [7, 11) is 1.30. The molecule has 15 nitrogen and oxygen atoms in total. The highest BCUT2D eigenvalue weighted by Gasteiger charge is 2.42. The van der Waals surface area contributed by atoms with Crippen LogP contribution in [0.2, 0.25) is 0 Å². The lowest BCUT2D eigenvalue weighted by Gasteiger charge is -2.33. The number of carbonyl (C=O) groups is 4. The zero-order valence-electron chi connectivity index (χ0n) is 39.6. The first-order valence-corrected chi connectivity index (χ1v) is 24.1. The number of carboxylic acid groups (broad SMARTS) is 1. The zero-order valence-corrected chi connectivity index (χ0v) is 39.6. The molecule has 5 heterocycles. The molecule has 7 atom stereocenters. The van der Waals surface area contributed by atoms with E-state index in [-0.39, 0.29) is 47.8 Å². The van der Waals surface area contributed by atoms with Crippen LogP contribution in [0, 0.1) is 23.7 Å². The van der Waals surface area contributed by atoms with Crippen LogP contribution in [0.4, 0.5) is 10.5 Å². The van der Waals surface area contributed by atoms with E-state index in [1.165, 1.54) is 7.11 Å². The predicted molar refractivity (Wildman–Crippen MR) is 259 cm³/mol. The van der Waals surface area contributed by atoms with Gasteiger partial charge in [0.05, 0.1) is 65.2 Å². The highest BCUT2D eigenvalue weighted by atomic mass is 16.5. The van der Waals surface area contributed by atoms with Crippen LogP contribution in [-0.4, -0.2) is 85.0 Å². The van der Waals surface area contributed by atoms with E-state index < -0.39 is 29.9 Å². The van der Waals surface area contributed by atoms with Gasteiger partial charge in [-0.15, -0.1) is 0 Å². The van der Waals surface area contributed by atoms with E-state index in [0.29, 0.717) is 13.1 Å². The molecule has 4 N–H and O–H groups in total. The maximum Gasteiger partial charge on any atom is 0.407 e. The number of carbonyl (C=O) groups excluding carboxylic acids is 3. The van der Waals surface area contributed by atoms with Gasteiger partial charge in [0.1, 0.15) is 29.2 Å². The van der Waals surface area contributed by atoms with Crippen molar-refractivity contribution in [3.05, 3.63) is 114 Å². The molecule has 9 rings (SSSR count). The second-order valence-electron chi connectivity index (χ2n) is 19.4. The third-order valence-electron chi connectivity index (χ3n) is 14.3. The molecule has 3 aliphatic rings. The van der Waals surface area contributed by atoms with Gasteiger partial charge in [0.25, 0.3) is 0 Å². The molecular formula is C53H62N8O7. The molecule has 3 aliphatic heterocycles. The number of benzene rings is 4. The van der Waals surface area contributed by atoms with Gasteiger partial charge in [-0.1, -0.05) is 65.0 Å². The highest BCUT2D eigenvalue weighted by molar-refractivity contribution is 5.87. The van der Waals surface area contributed by atoms with Gasteiger partial charge in [0.2, 0.25) is 11.8 Å². The molecule has 6 aromatic rings. The van der Waals surface area contributed by atoms with Crippen LogP contribution in [0.3, 0.4) is 0 Å². The van der Waals surface area contributed by atoms with Crippen molar-refractivity contribution < 1.29 is 33.8 Å². The number of rotatable bonds is 14. The molecule has 3 unspecified atom stereocenters. The first-order valence-electron chi connectivity index (χ1n) is 24.1. The molecule has 3 saturated heterocycles. The number of aromatic nitrogens is 4. The van der Waals surface area contributed by atoms with Crippen LogP contribution in [0.15, 0.2) is 91.0 Å². The molecule has 3 amide bonds. The number of likely N-dealkylation sites (tertiary alicyclic amines) is 2. The smallest absolute Gasteiger partial charge is 0.407 e. The Bertz CT molecular complexity index is 2790. The van der Waals surface area contributed by atoms with Crippen molar-refractivity contribution in [1.82, 2.24) is 35.1 Å². The molecular weight excluding hydrogens is 861 g/mol. The quantitative estimate of drug-likeness (QED) is 0.0819. The number of aromatic amines is 2. The molecule has 0 bridgehead atoms. The summed E-state index contributed by atoms with van der Waals surface area (Å²) in [6, 6.07) is 29.6. The zero-order chi connectivity index (χ0) is 47.8. The summed E-state index contributed by atoms with van der Waals surface area (Å²) in [5, 5.41) is 12.6. The van der Waals surface area contributed by atoms with Crippen molar-refractivity contribution in [3.63, 3.8) is 0 Å². The summed E-state index contributed by atoms with van der Waals surface area (Å²) >= 11 is 0. The maximum absolute atomic E-state index is 14.0. The Labute approximate surface area is 396 Å². The van der Waals surface area contributed by atoms with Gasteiger partial charge >= 0.3 is 12.1 Å². The van der Waals surface area contributed by atoms with Crippen LogP contribution in [0.5, 0.6) is 11.5 Å². The van der Waals surface area contributed by atoms with Gasteiger partial charge in [0.15, 0.2) is 0 Å². The minimum atomic E-state index is -0.964. The first kappa shape index (κ1) is 46.2. The maximum atomic E-state index is 14.0. The molecule has 2 aromatic heterocycles. The highest BCUT2D eigenvalue weighted by Crippen LogP contribution is 2.48. The molecule has 68 heavy (non-hydrogen) atoms. The number of aliphatic carboxylic acids is 1. The summed E-state index contributed by atoms with van der Waals surface area (Å²) < 4.78 is 11.0. The average molecular weight is 923 g/mol. The second-order valence-corrected chi connectivity index (χ2v) is 19.4. The number of ether oxygens (including phenoxy) is 2. The van der Waals surface area contributed by atoms with Gasteiger partial charge in [0, 0.05) is 18.8 Å². The lowest BCUT2D eigenvalue weighted by Crippen LogP contribution is -2.51. The van der Waals surface area contributed by atoms with Crippen molar-refractivity contribution in [2.24, 2.45) is 23.7 Å². The number of amides is 3. The first-order chi connectivity index (χ1) is 32.8. The molecule has 4 aromatic carbocycles. The van der Waals surface area contributed by atoms with Gasteiger partial charge in [-0.2, -0.15) is 0 Å². The fourth-order valence-electron chi connectivity index (χ4n) is 10.9. The number of methoxy groups -OCH3 is 1. The largest absolute Gasteiger partial charge is 0.481 e. The number of para-hydroxylation sites is 1. The number of hydrogen-bond donors (Lipinski definition) is 4. The molecule has 15 heteroatoms. The minimum Gasteiger partial charge on any atom is -0.481 e. The molecule has 3 fully saturated rings. The Morgan fingerprint density at radius 1 is 0.662 bits per heavy atom. The Morgan fingerprint density at radius 3 is 1.69 bits per heavy atom. The predicted octanol–water partition coefficient (Wildman–Crippen LogP) is 10.0. The number of nitrogens with one attached hydrogen (secondary N) is 3. The number of imidazole rings is 2. The van der Waals surface area contributed by atoms with Crippen molar-refractivity contribution in [1.29, 1.82) is 0 Å². The summed E-state index contributed by atoms with van der Waals surface area (Å²) in [6.07, 6.45) is 4.28. The monoisotopic (exact) mass is 922 g/mol. The van der Waals surface area contributed by atoms with Crippen LogP contribution < -0.4 is 15.0 Å². The van der Waals surface area contributed by atoms with Crippen LogP contribution >= 0.6 is 0 Å². The van der Waals surface area contributed by atoms with Gasteiger partial charge in [-0.05, 0) is 122 Å². The number of anilines is 1. The van der Waals surface area contributed by atoms with Crippen LogP contribution in [-0.2, 0) is 19.1 Å². The number of H-pyrrole nitrogens is 2. The second kappa shape index (κ2) is 19.4. The van der Waals surface area contributed by atoms with Gasteiger partial charge in [-0.3, -0.25) is 14.4 Å². The topological polar surface area (TPSA) is 186 Å². The van der Waals surface area contributed by atoms with E-state index in [0.717, 1.165) is 101 Å². The van der Waals surface area contributed by atoms with Crippen molar-refractivity contribution in [2.75, 3.05) is 25.1 Å². The Balaban J connectivity index is 1.02. The summed E-state index contributed by atoms with van der Waals surface area (Å²) in [5.41, 5.74) is 6.72. The molecule has 0 saturated carbocycles. The van der Waals surface area contributed by atoms with E-state index in [4.69, 9.17) is 19.4 Å². The van der Waals surface area contributed by atoms with Crippen molar-refractivity contribution in [3.8, 4) is 11.5 Å². The van der Waals surface area contributed by atoms with Crippen LogP contribution in [0.25, 0.3) is 22.1 Å². The number of hydrogen-bond acceptors (Lipinski definition) is 9. The van der Waals surface area contributed by atoms with E-state index in [2.05, 4.69) is 68.7 Å². The Morgan fingerprint density at radius 2 is 1.19 bits per heavy atom. The lowest BCUT2D eigenvalue weighted by molar-refractivity contribution is -0.151. The Kier molecular flexibility index (Phi) is 13.2. The molecule has 0 spiro atoms. The van der Waals surface area contributed by atoms with Crippen molar-refractivity contribution >= 4 is 51.6 Å². The third-order valence-corrected chi connectivity index (χ3v) is 14.3. The van der Waals surface area contributed by atoms with E-state index in [9.17, 15) is 24.3 Å². The normalized spacial score (nSPS) is 20.9. The van der Waals surface area contributed by atoms with E-state index in [1.54, 1.807) is 6.92 Å². The van der Waals surface area contributed by atoms with Gasteiger partial charge in [-0.25, -0.2) is 14.8 Å². The number of alkyl carbamates (subject to hydrolysis) is 1. The number of carboxylic acids is 1. The minimum absolute atomic E-state index is 0.00416. The summed E-state index contributed by atoms with van der Waals surface area (Å²) in [5.74, 6) is 0.0212. The summed E-state index contributed by atoms with van der Waals surface area (Å²) in [6.45, 7) is 10.4. The Hall–Kier alpha value is -6.90. The fourth-order valence-corrected chi connectivity index (χ4v) is 10.9. The van der Waals surface area contributed by atoms with Crippen LogP contribution in [0.1, 0.15) is 120 Å². The number of fused-ring (bicyclic) bond motifs is 2. The third kappa shape index (κ3) is 9.10.